The molecule has 0 fully saturated rings. The highest BCUT2D eigenvalue weighted by atomic mass is 32.1. The highest BCUT2D eigenvalue weighted by molar-refractivity contribution is 7.19. The van der Waals surface area contributed by atoms with E-state index in [-0.39, 0.29) is 5.69 Å². The second kappa shape index (κ2) is 4.58. The minimum absolute atomic E-state index is 0.268. The molecule has 0 amide bonds. The number of esters is 1. The predicted molar refractivity (Wildman–Crippen MR) is 63.6 cm³/mol. The van der Waals surface area contributed by atoms with Gasteiger partial charge in [0.05, 0.1) is 11.5 Å². The molecule has 2 heterocycles. The summed E-state index contributed by atoms with van der Waals surface area (Å²) in [4.78, 5) is 16.3. The van der Waals surface area contributed by atoms with E-state index in [9.17, 15) is 4.79 Å². The third kappa shape index (κ3) is 2.05. The van der Waals surface area contributed by atoms with E-state index < -0.39 is 5.97 Å². The summed E-state index contributed by atoms with van der Waals surface area (Å²) in [6.07, 6.45) is 1.68. The van der Waals surface area contributed by atoms with Crippen molar-refractivity contribution in [3.8, 4) is 10.4 Å². The van der Waals surface area contributed by atoms with Gasteiger partial charge in [0.15, 0.2) is 10.8 Å². The predicted octanol–water partition coefficient (Wildman–Crippen LogP) is 2.03. The first kappa shape index (κ1) is 11.0. The summed E-state index contributed by atoms with van der Waals surface area (Å²) in [5.74, 6) is -0.448. The van der Waals surface area contributed by atoms with Gasteiger partial charge >= 0.3 is 5.97 Å². The molecule has 0 spiro atoms. The van der Waals surface area contributed by atoms with Gasteiger partial charge in [-0.15, -0.1) is 0 Å². The molecule has 0 saturated heterocycles. The smallest absolute Gasteiger partial charge is 0.358 e. The number of carbonyl (C=O) groups excluding carboxylic acids is 1. The molecule has 84 valence electrons. The van der Waals surface area contributed by atoms with E-state index in [1.54, 1.807) is 13.1 Å². The molecule has 0 saturated carbocycles. The molecular formula is C9H9N3O2S2. The molecule has 0 aromatic carbocycles. The number of rotatable bonds is 3. The van der Waals surface area contributed by atoms with Crippen LogP contribution in [0.25, 0.3) is 10.4 Å². The monoisotopic (exact) mass is 255 g/mol. The van der Waals surface area contributed by atoms with Gasteiger partial charge in [0.1, 0.15) is 0 Å². The molecule has 0 bridgehead atoms. The number of ether oxygens (including phenoxy) is 1. The molecule has 5 nitrogen and oxygen atoms in total. The zero-order chi connectivity index (χ0) is 11.5. The third-order valence-electron chi connectivity index (χ3n) is 1.81. The normalized spacial score (nSPS) is 10.3. The lowest BCUT2D eigenvalue weighted by atomic mass is 10.2. The molecule has 2 aromatic heterocycles. The molecule has 7 heteroatoms. The molecule has 2 aromatic rings. The highest BCUT2D eigenvalue weighted by Crippen LogP contribution is 2.32. The van der Waals surface area contributed by atoms with Crippen LogP contribution >= 0.6 is 22.9 Å². The number of thiazole rings is 1. The number of aromatic nitrogens is 2. The van der Waals surface area contributed by atoms with Crippen LogP contribution in [0, 0.1) is 0 Å². The van der Waals surface area contributed by atoms with E-state index in [1.165, 1.54) is 22.9 Å². The van der Waals surface area contributed by atoms with Crippen molar-refractivity contribution in [1.82, 2.24) is 9.36 Å². The Morgan fingerprint density at radius 3 is 3.06 bits per heavy atom. The molecule has 2 rings (SSSR count). The standard InChI is InChI=1S/C9H9N3O2S2/c1-2-14-8(13)6-7(16-9(10)12-6)5-3-11-15-4-5/h3-4H,2H2,1H3,(H2,10,12). The molecule has 0 aliphatic heterocycles. The van der Waals surface area contributed by atoms with Crippen LogP contribution in [-0.4, -0.2) is 21.9 Å². The average molecular weight is 255 g/mol. The third-order valence-corrected chi connectivity index (χ3v) is 3.33. The van der Waals surface area contributed by atoms with Crippen molar-refractivity contribution >= 4 is 34.0 Å². The zero-order valence-electron chi connectivity index (χ0n) is 8.47. The first-order chi connectivity index (χ1) is 7.72. The number of nitrogens with two attached hydrogens (primary N) is 1. The topological polar surface area (TPSA) is 78.1 Å². The first-order valence-corrected chi connectivity index (χ1v) is 6.21. The molecule has 0 unspecified atom stereocenters. The van der Waals surface area contributed by atoms with Crippen LogP contribution in [0.3, 0.4) is 0 Å². The molecule has 0 atom stereocenters. The zero-order valence-corrected chi connectivity index (χ0v) is 10.1. The fourth-order valence-corrected chi connectivity index (χ4v) is 2.59. The van der Waals surface area contributed by atoms with Crippen molar-refractivity contribution in [1.29, 1.82) is 0 Å². The number of anilines is 1. The summed E-state index contributed by atoms with van der Waals surface area (Å²) in [5, 5.41) is 2.19. The Kier molecular flexibility index (Phi) is 3.16. The van der Waals surface area contributed by atoms with E-state index in [2.05, 4.69) is 9.36 Å². The van der Waals surface area contributed by atoms with E-state index in [0.717, 1.165) is 5.56 Å². The molecule has 2 N–H and O–H groups in total. The highest BCUT2D eigenvalue weighted by Gasteiger charge is 2.20. The Labute approximate surface area is 100 Å². The Hall–Kier alpha value is -1.47. The number of carbonyl (C=O) groups is 1. The van der Waals surface area contributed by atoms with Crippen LogP contribution in [0.5, 0.6) is 0 Å². The van der Waals surface area contributed by atoms with Crippen molar-refractivity contribution in [3.63, 3.8) is 0 Å². The average Bonchev–Trinajstić information content (AvgIpc) is 2.85. The summed E-state index contributed by atoms with van der Waals surface area (Å²) in [7, 11) is 0. The van der Waals surface area contributed by atoms with Gasteiger partial charge in [-0.1, -0.05) is 11.3 Å². The number of nitrogen functional groups attached to an aromatic ring is 1. The fraction of sp³-hybridized carbons (Fsp3) is 0.222. The molecule has 0 aliphatic rings. The Morgan fingerprint density at radius 2 is 2.44 bits per heavy atom. The van der Waals surface area contributed by atoms with Crippen molar-refractivity contribution in [3.05, 3.63) is 17.3 Å². The van der Waals surface area contributed by atoms with Gasteiger partial charge in [-0.2, -0.15) is 0 Å². The summed E-state index contributed by atoms with van der Waals surface area (Å²) < 4.78 is 8.89. The lowest BCUT2D eigenvalue weighted by molar-refractivity contribution is 0.0521. The van der Waals surface area contributed by atoms with Gasteiger partial charge in [-0.05, 0) is 18.5 Å². The SMILES string of the molecule is CCOC(=O)c1nc(N)sc1-c1cnsc1. The van der Waals surface area contributed by atoms with Crippen LogP contribution in [0.15, 0.2) is 11.6 Å². The van der Waals surface area contributed by atoms with Gasteiger partial charge in [0.25, 0.3) is 0 Å². The molecule has 0 radical (unpaired) electrons. The van der Waals surface area contributed by atoms with Crippen molar-refractivity contribution in [2.45, 2.75) is 6.92 Å². The van der Waals surface area contributed by atoms with Crippen LogP contribution in [0.1, 0.15) is 17.4 Å². The summed E-state index contributed by atoms with van der Waals surface area (Å²) in [5.41, 5.74) is 6.72. The Morgan fingerprint density at radius 1 is 1.62 bits per heavy atom. The largest absolute Gasteiger partial charge is 0.461 e. The maximum atomic E-state index is 11.6. The molecular weight excluding hydrogens is 246 g/mol. The van der Waals surface area contributed by atoms with Crippen LogP contribution in [-0.2, 0) is 4.74 Å². The van der Waals surface area contributed by atoms with E-state index in [1.807, 2.05) is 5.38 Å². The number of nitrogens with zero attached hydrogens (tertiary/aromatic N) is 2. The van der Waals surface area contributed by atoms with Crippen molar-refractivity contribution in [2.75, 3.05) is 12.3 Å². The van der Waals surface area contributed by atoms with Gasteiger partial charge in [-0.3, -0.25) is 0 Å². The van der Waals surface area contributed by atoms with Crippen LogP contribution in [0.4, 0.5) is 5.13 Å². The van der Waals surface area contributed by atoms with E-state index >= 15 is 0 Å². The number of hydrogen-bond acceptors (Lipinski definition) is 7. The fourth-order valence-electron chi connectivity index (χ4n) is 1.19. The van der Waals surface area contributed by atoms with Crippen molar-refractivity contribution < 1.29 is 9.53 Å². The maximum absolute atomic E-state index is 11.6. The second-order valence-corrected chi connectivity index (χ2v) is 4.55. The lowest BCUT2D eigenvalue weighted by Gasteiger charge is -1.99. The lowest BCUT2D eigenvalue weighted by Crippen LogP contribution is -2.06. The molecule has 0 aliphatic carbocycles. The minimum Gasteiger partial charge on any atom is -0.461 e. The van der Waals surface area contributed by atoms with E-state index in [4.69, 9.17) is 10.5 Å². The van der Waals surface area contributed by atoms with Crippen LogP contribution in [0.2, 0.25) is 0 Å². The van der Waals surface area contributed by atoms with Crippen molar-refractivity contribution in [2.24, 2.45) is 0 Å². The Balaban J connectivity index is 2.42. The summed E-state index contributed by atoms with van der Waals surface area (Å²) in [6, 6.07) is 0. The second-order valence-electron chi connectivity index (χ2n) is 2.86. The van der Waals surface area contributed by atoms with Gasteiger partial charge in [-0.25, -0.2) is 14.2 Å². The quantitative estimate of drug-likeness (QED) is 0.849. The minimum atomic E-state index is -0.448. The number of hydrogen-bond donors (Lipinski definition) is 1. The summed E-state index contributed by atoms with van der Waals surface area (Å²) in [6.45, 7) is 2.07. The summed E-state index contributed by atoms with van der Waals surface area (Å²) >= 11 is 2.57. The first-order valence-electron chi connectivity index (χ1n) is 4.55. The van der Waals surface area contributed by atoms with Gasteiger partial charge in [0, 0.05) is 17.1 Å². The Bertz CT molecular complexity index is 493. The van der Waals surface area contributed by atoms with E-state index in [0.29, 0.717) is 16.6 Å². The molecule has 16 heavy (non-hydrogen) atoms. The van der Waals surface area contributed by atoms with Crippen LogP contribution < -0.4 is 5.73 Å². The van der Waals surface area contributed by atoms with Gasteiger partial charge < -0.3 is 10.5 Å². The maximum Gasteiger partial charge on any atom is 0.358 e. The van der Waals surface area contributed by atoms with Gasteiger partial charge in [0.2, 0.25) is 0 Å².